The van der Waals surface area contributed by atoms with Crippen molar-refractivity contribution in [2.24, 2.45) is 17.6 Å². The maximum absolute atomic E-state index is 6.00. The van der Waals surface area contributed by atoms with Gasteiger partial charge in [-0.25, -0.2) is 0 Å². The van der Waals surface area contributed by atoms with E-state index in [-0.39, 0.29) is 0 Å². The van der Waals surface area contributed by atoms with Gasteiger partial charge in [-0.3, -0.25) is 0 Å². The number of piperidine rings is 2. The fourth-order valence-corrected chi connectivity index (χ4v) is 1.98. The quantitative estimate of drug-likeness (QED) is 0.395. The summed E-state index contributed by atoms with van der Waals surface area (Å²) in [5.41, 5.74) is 6.00. The minimum absolute atomic E-state index is 0.447. The number of nitrogens with one attached hydrogen (secondary N) is 2. The monoisotopic (exact) mass is 141 g/mol. The van der Waals surface area contributed by atoms with Crippen LogP contribution in [0, 0.1) is 11.8 Å². The second-order valence-electron chi connectivity index (χ2n) is 3.41. The van der Waals surface area contributed by atoms with Gasteiger partial charge < -0.3 is 16.4 Å². The van der Waals surface area contributed by atoms with Crippen molar-refractivity contribution in [3.8, 4) is 0 Å². The van der Waals surface area contributed by atoms with Gasteiger partial charge in [0, 0.05) is 32.2 Å². The van der Waals surface area contributed by atoms with E-state index in [1.165, 1.54) is 0 Å². The van der Waals surface area contributed by atoms with Gasteiger partial charge in [0.25, 0.3) is 0 Å². The maximum Gasteiger partial charge on any atom is 0.0144 e. The lowest BCUT2D eigenvalue weighted by Crippen LogP contribution is -2.61. The van der Waals surface area contributed by atoms with Crippen LogP contribution in [0.25, 0.3) is 0 Å². The first kappa shape index (κ1) is 6.58. The van der Waals surface area contributed by atoms with Crippen LogP contribution in [-0.2, 0) is 0 Å². The maximum atomic E-state index is 6.00. The van der Waals surface area contributed by atoms with E-state index in [1.54, 1.807) is 0 Å². The van der Waals surface area contributed by atoms with Gasteiger partial charge in [0.2, 0.25) is 0 Å². The van der Waals surface area contributed by atoms with Crippen LogP contribution in [0.1, 0.15) is 0 Å². The summed E-state index contributed by atoms with van der Waals surface area (Å²) in [6.07, 6.45) is 0. The van der Waals surface area contributed by atoms with Gasteiger partial charge in [-0.05, 0) is 11.8 Å². The van der Waals surface area contributed by atoms with Gasteiger partial charge in [-0.2, -0.15) is 0 Å². The Morgan fingerprint density at radius 1 is 0.900 bits per heavy atom. The molecule has 0 aromatic heterocycles. The predicted molar refractivity (Wildman–Crippen MR) is 40.7 cm³/mol. The van der Waals surface area contributed by atoms with Crippen LogP contribution in [0.3, 0.4) is 0 Å². The minimum atomic E-state index is 0.447. The summed E-state index contributed by atoms with van der Waals surface area (Å²) in [5.74, 6) is 1.35. The van der Waals surface area contributed by atoms with Crippen molar-refractivity contribution in [3.63, 3.8) is 0 Å². The number of nitrogens with two attached hydrogens (primary N) is 1. The first-order valence-electron chi connectivity index (χ1n) is 4.05. The summed E-state index contributed by atoms with van der Waals surface area (Å²) in [4.78, 5) is 0. The molecular weight excluding hydrogens is 126 g/mol. The zero-order valence-electron chi connectivity index (χ0n) is 6.14. The second kappa shape index (κ2) is 2.49. The third-order valence-corrected chi connectivity index (χ3v) is 2.71. The van der Waals surface area contributed by atoms with Crippen molar-refractivity contribution in [3.05, 3.63) is 0 Å². The Bertz CT molecular complexity index is 104. The first-order valence-corrected chi connectivity index (χ1v) is 4.05. The second-order valence-corrected chi connectivity index (χ2v) is 3.41. The Morgan fingerprint density at radius 3 is 1.60 bits per heavy atom. The zero-order valence-corrected chi connectivity index (χ0v) is 6.14. The molecule has 2 bridgehead atoms. The van der Waals surface area contributed by atoms with E-state index in [4.69, 9.17) is 5.73 Å². The number of hydrogen-bond acceptors (Lipinski definition) is 3. The molecule has 0 aromatic rings. The summed E-state index contributed by atoms with van der Waals surface area (Å²) >= 11 is 0. The van der Waals surface area contributed by atoms with Crippen molar-refractivity contribution >= 4 is 0 Å². The third kappa shape index (κ3) is 0.944. The van der Waals surface area contributed by atoms with E-state index in [0.717, 1.165) is 26.2 Å². The molecule has 0 aromatic carbocycles. The van der Waals surface area contributed by atoms with Crippen molar-refractivity contribution in [2.75, 3.05) is 26.2 Å². The molecule has 0 aliphatic carbocycles. The van der Waals surface area contributed by atoms with E-state index in [2.05, 4.69) is 10.6 Å². The molecule has 0 spiro atoms. The largest absolute Gasteiger partial charge is 0.327 e. The Kier molecular flexibility index (Phi) is 1.64. The van der Waals surface area contributed by atoms with Gasteiger partial charge in [0.1, 0.15) is 0 Å². The van der Waals surface area contributed by atoms with Crippen molar-refractivity contribution in [1.82, 2.24) is 10.6 Å². The summed E-state index contributed by atoms with van der Waals surface area (Å²) < 4.78 is 0. The van der Waals surface area contributed by atoms with E-state index in [9.17, 15) is 0 Å². The van der Waals surface area contributed by atoms with E-state index in [1.807, 2.05) is 0 Å². The first-order chi connectivity index (χ1) is 4.88. The Labute approximate surface area is 61.4 Å². The van der Waals surface area contributed by atoms with Crippen LogP contribution in [0.2, 0.25) is 0 Å². The fourth-order valence-electron chi connectivity index (χ4n) is 1.98. The molecule has 0 saturated carbocycles. The van der Waals surface area contributed by atoms with Gasteiger partial charge in [-0.15, -0.1) is 0 Å². The summed E-state index contributed by atoms with van der Waals surface area (Å²) in [7, 11) is 0. The van der Waals surface area contributed by atoms with Gasteiger partial charge in [0.15, 0.2) is 0 Å². The fraction of sp³-hybridized carbons (Fsp3) is 1.00. The van der Waals surface area contributed by atoms with Crippen molar-refractivity contribution < 1.29 is 0 Å². The lowest BCUT2D eigenvalue weighted by molar-refractivity contribution is 0.186. The molecule has 58 valence electrons. The van der Waals surface area contributed by atoms with E-state index in [0.29, 0.717) is 17.9 Å². The predicted octanol–water partition coefficient (Wildman–Crippen LogP) is -1.25. The molecule has 0 atom stereocenters. The molecule has 0 amide bonds. The van der Waals surface area contributed by atoms with Gasteiger partial charge in [0.05, 0.1) is 0 Å². The molecule has 2 aliphatic rings. The van der Waals surface area contributed by atoms with E-state index >= 15 is 0 Å². The van der Waals surface area contributed by atoms with Gasteiger partial charge >= 0.3 is 0 Å². The molecule has 2 fully saturated rings. The smallest absolute Gasteiger partial charge is 0.0144 e. The number of rotatable bonds is 0. The molecule has 2 saturated heterocycles. The van der Waals surface area contributed by atoms with Crippen molar-refractivity contribution in [1.29, 1.82) is 0 Å². The molecule has 3 heteroatoms. The van der Waals surface area contributed by atoms with Crippen LogP contribution in [0.4, 0.5) is 0 Å². The topological polar surface area (TPSA) is 50.1 Å². The van der Waals surface area contributed by atoms with Crippen LogP contribution in [0.15, 0.2) is 0 Å². The van der Waals surface area contributed by atoms with Crippen LogP contribution >= 0.6 is 0 Å². The van der Waals surface area contributed by atoms with Crippen molar-refractivity contribution in [2.45, 2.75) is 6.04 Å². The minimum Gasteiger partial charge on any atom is -0.327 e. The molecule has 2 rings (SSSR count). The standard InChI is InChI=1S/C7H15N3/c8-7-5-1-9-3-6(7)4-10-2-5/h5-7,9-10H,1-4,8H2. The molecule has 4 N–H and O–H groups in total. The highest BCUT2D eigenvalue weighted by Crippen LogP contribution is 2.17. The highest BCUT2D eigenvalue weighted by Gasteiger charge is 2.33. The summed E-state index contributed by atoms with van der Waals surface area (Å²) in [6.45, 7) is 4.41. The lowest BCUT2D eigenvalue weighted by atomic mass is 9.82. The molecule has 10 heavy (non-hydrogen) atoms. The zero-order chi connectivity index (χ0) is 6.97. The molecule has 2 heterocycles. The Balaban J connectivity index is 2.05. The number of fused-ring (bicyclic) bond motifs is 2. The molecule has 0 unspecified atom stereocenters. The average Bonchev–Trinajstić information content (AvgIpc) is 1.86. The van der Waals surface area contributed by atoms with Crippen LogP contribution in [-0.4, -0.2) is 32.2 Å². The molecule has 2 aliphatic heterocycles. The average molecular weight is 141 g/mol. The lowest BCUT2D eigenvalue weighted by Gasteiger charge is -2.41. The molecular formula is C7H15N3. The Hall–Kier alpha value is -0.120. The highest BCUT2D eigenvalue weighted by molar-refractivity contribution is 4.93. The SMILES string of the molecule is NC1C2CNCC1CNC2. The Morgan fingerprint density at radius 2 is 1.30 bits per heavy atom. The highest BCUT2D eigenvalue weighted by atomic mass is 15.0. The summed E-state index contributed by atoms with van der Waals surface area (Å²) in [5, 5.41) is 6.79. The van der Waals surface area contributed by atoms with Crippen LogP contribution in [0.5, 0.6) is 0 Å². The summed E-state index contributed by atoms with van der Waals surface area (Å²) in [6, 6.07) is 0.447. The molecule has 0 radical (unpaired) electrons. The molecule has 3 nitrogen and oxygen atoms in total. The van der Waals surface area contributed by atoms with E-state index < -0.39 is 0 Å². The normalized spacial score (nSPS) is 47.1. The third-order valence-electron chi connectivity index (χ3n) is 2.71. The number of hydrogen-bond donors (Lipinski definition) is 3. The van der Waals surface area contributed by atoms with Crippen LogP contribution < -0.4 is 16.4 Å². The van der Waals surface area contributed by atoms with Gasteiger partial charge in [-0.1, -0.05) is 0 Å².